The molecule has 0 unspecified atom stereocenters. The van der Waals surface area contributed by atoms with Crippen LogP contribution in [0.25, 0.3) is 10.8 Å². The van der Waals surface area contributed by atoms with Crippen LogP contribution in [0.15, 0.2) is 36.4 Å². The Labute approximate surface area is 81.5 Å². The van der Waals surface area contributed by atoms with Gasteiger partial charge in [-0.15, -0.1) is 0 Å². The Morgan fingerprint density at radius 1 is 1.07 bits per heavy atom. The molecule has 1 aliphatic heterocycles. The lowest BCUT2D eigenvalue weighted by atomic mass is 9.97. The monoisotopic (exact) mass is 183 g/mol. The van der Waals surface area contributed by atoms with Crippen molar-refractivity contribution in [2.45, 2.75) is 6.42 Å². The van der Waals surface area contributed by atoms with Crippen LogP contribution in [0, 0.1) is 0 Å². The van der Waals surface area contributed by atoms with E-state index in [1.54, 1.807) is 0 Å². The summed E-state index contributed by atoms with van der Waals surface area (Å²) >= 11 is 0. The molecule has 2 heteroatoms. The number of amides is 1. The second-order valence-corrected chi connectivity index (χ2v) is 3.55. The van der Waals surface area contributed by atoms with Gasteiger partial charge in [0.05, 0.1) is 6.42 Å². The van der Waals surface area contributed by atoms with Gasteiger partial charge in [0.15, 0.2) is 0 Å². The molecule has 1 heterocycles. The summed E-state index contributed by atoms with van der Waals surface area (Å²) in [5.74, 6) is 0.0798. The third-order valence-corrected chi connectivity index (χ3v) is 2.62. The SMILES string of the molecule is O=C1Cc2cccc3cccc(c23)N1. The molecular formula is C12H9NO. The standard InChI is InChI=1S/C12H9NO/c14-11-7-9-5-1-3-8-4-2-6-10(13-11)12(8)9/h1-6H,7H2,(H,13,14). The first-order chi connectivity index (χ1) is 6.84. The number of carbonyl (C=O) groups excluding carboxylic acids is 1. The first kappa shape index (κ1) is 7.56. The van der Waals surface area contributed by atoms with E-state index < -0.39 is 0 Å². The molecule has 0 aliphatic carbocycles. The van der Waals surface area contributed by atoms with E-state index in [2.05, 4.69) is 17.4 Å². The smallest absolute Gasteiger partial charge is 0.228 e. The molecule has 0 fully saturated rings. The average molecular weight is 183 g/mol. The Kier molecular flexibility index (Phi) is 1.39. The van der Waals surface area contributed by atoms with Crippen molar-refractivity contribution >= 4 is 22.4 Å². The summed E-state index contributed by atoms with van der Waals surface area (Å²) in [7, 11) is 0. The molecule has 2 nitrogen and oxygen atoms in total. The molecule has 0 atom stereocenters. The molecule has 68 valence electrons. The van der Waals surface area contributed by atoms with Crippen LogP contribution in [0.5, 0.6) is 0 Å². The molecule has 3 rings (SSSR count). The van der Waals surface area contributed by atoms with Crippen molar-refractivity contribution in [3.05, 3.63) is 42.0 Å². The van der Waals surface area contributed by atoms with Gasteiger partial charge < -0.3 is 5.32 Å². The van der Waals surface area contributed by atoms with Gasteiger partial charge in [0.2, 0.25) is 5.91 Å². The van der Waals surface area contributed by atoms with E-state index >= 15 is 0 Å². The third-order valence-electron chi connectivity index (χ3n) is 2.62. The number of hydrogen-bond donors (Lipinski definition) is 1. The zero-order valence-electron chi connectivity index (χ0n) is 7.58. The molecule has 2 aromatic rings. The van der Waals surface area contributed by atoms with E-state index in [-0.39, 0.29) is 5.91 Å². The van der Waals surface area contributed by atoms with Gasteiger partial charge in [0.1, 0.15) is 0 Å². The number of nitrogens with one attached hydrogen (secondary N) is 1. The molecule has 2 aromatic carbocycles. The average Bonchev–Trinajstić information content (AvgIpc) is 2.18. The summed E-state index contributed by atoms with van der Waals surface area (Å²) in [4.78, 5) is 11.4. The zero-order valence-corrected chi connectivity index (χ0v) is 7.58. The van der Waals surface area contributed by atoms with Crippen molar-refractivity contribution < 1.29 is 4.79 Å². The van der Waals surface area contributed by atoms with Crippen molar-refractivity contribution in [3.63, 3.8) is 0 Å². The topological polar surface area (TPSA) is 29.1 Å². The molecule has 1 N–H and O–H groups in total. The van der Waals surface area contributed by atoms with Gasteiger partial charge in [-0.1, -0.05) is 30.3 Å². The van der Waals surface area contributed by atoms with Crippen LogP contribution in [-0.2, 0) is 11.2 Å². The molecule has 0 saturated heterocycles. The molecule has 0 aromatic heterocycles. The Morgan fingerprint density at radius 2 is 1.86 bits per heavy atom. The highest BCUT2D eigenvalue weighted by atomic mass is 16.1. The maximum absolute atomic E-state index is 11.4. The van der Waals surface area contributed by atoms with Gasteiger partial charge in [0.25, 0.3) is 0 Å². The molecule has 0 bridgehead atoms. The molecule has 1 aliphatic rings. The minimum Gasteiger partial charge on any atom is -0.325 e. The van der Waals surface area contributed by atoms with Gasteiger partial charge in [-0.3, -0.25) is 4.79 Å². The maximum atomic E-state index is 11.4. The van der Waals surface area contributed by atoms with Crippen molar-refractivity contribution in [1.82, 2.24) is 0 Å². The lowest BCUT2D eigenvalue weighted by Gasteiger charge is -2.17. The summed E-state index contributed by atoms with van der Waals surface area (Å²) in [6, 6.07) is 12.1. The fraction of sp³-hybridized carbons (Fsp3) is 0.0833. The van der Waals surface area contributed by atoms with Crippen LogP contribution >= 0.6 is 0 Å². The molecule has 0 saturated carbocycles. The lowest BCUT2D eigenvalue weighted by molar-refractivity contribution is -0.115. The van der Waals surface area contributed by atoms with E-state index in [4.69, 9.17) is 0 Å². The van der Waals surface area contributed by atoms with Gasteiger partial charge in [-0.2, -0.15) is 0 Å². The number of benzene rings is 2. The quantitative estimate of drug-likeness (QED) is 0.667. The number of hydrogen-bond acceptors (Lipinski definition) is 1. The van der Waals surface area contributed by atoms with E-state index in [0.29, 0.717) is 6.42 Å². The first-order valence-corrected chi connectivity index (χ1v) is 4.65. The normalized spacial score (nSPS) is 14.1. The Hall–Kier alpha value is -1.83. The summed E-state index contributed by atoms with van der Waals surface area (Å²) < 4.78 is 0. The van der Waals surface area contributed by atoms with Crippen LogP contribution in [0.4, 0.5) is 5.69 Å². The van der Waals surface area contributed by atoms with Crippen LogP contribution in [0.1, 0.15) is 5.56 Å². The van der Waals surface area contributed by atoms with Gasteiger partial charge in [-0.05, 0) is 17.0 Å². The minimum atomic E-state index is 0.0798. The molecule has 0 radical (unpaired) electrons. The highest BCUT2D eigenvalue weighted by molar-refractivity contribution is 6.09. The number of rotatable bonds is 0. The summed E-state index contributed by atoms with van der Waals surface area (Å²) in [6.45, 7) is 0. The summed E-state index contributed by atoms with van der Waals surface area (Å²) in [5.41, 5.74) is 2.07. The van der Waals surface area contributed by atoms with E-state index in [1.807, 2.05) is 24.3 Å². The fourth-order valence-corrected chi connectivity index (χ4v) is 2.04. The van der Waals surface area contributed by atoms with Gasteiger partial charge >= 0.3 is 0 Å². The van der Waals surface area contributed by atoms with Crippen LogP contribution in [-0.4, -0.2) is 5.91 Å². The van der Waals surface area contributed by atoms with Crippen LogP contribution in [0.3, 0.4) is 0 Å². The highest BCUT2D eigenvalue weighted by Gasteiger charge is 2.16. The second-order valence-electron chi connectivity index (χ2n) is 3.55. The minimum absolute atomic E-state index is 0.0798. The maximum Gasteiger partial charge on any atom is 0.228 e. The fourth-order valence-electron chi connectivity index (χ4n) is 2.04. The van der Waals surface area contributed by atoms with E-state index in [9.17, 15) is 4.79 Å². The second kappa shape index (κ2) is 2.58. The Balaban J connectivity index is 2.45. The Morgan fingerprint density at radius 3 is 2.71 bits per heavy atom. The first-order valence-electron chi connectivity index (χ1n) is 4.65. The molecular weight excluding hydrogens is 174 g/mol. The third kappa shape index (κ3) is 0.940. The predicted octanol–water partition coefficient (Wildman–Crippen LogP) is 2.33. The lowest BCUT2D eigenvalue weighted by Crippen LogP contribution is -2.19. The molecule has 14 heavy (non-hydrogen) atoms. The summed E-state index contributed by atoms with van der Waals surface area (Å²) in [6.07, 6.45) is 0.494. The van der Waals surface area contributed by atoms with Gasteiger partial charge in [-0.25, -0.2) is 0 Å². The van der Waals surface area contributed by atoms with Crippen molar-refractivity contribution in [2.75, 3.05) is 5.32 Å². The highest BCUT2D eigenvalue weighted by Crippen LogP contribution is 2.30. The number of carbonyl (C=O) groups is 1. The van der Waals surface area contributed by atoms with Crippen LogP contribution in [0.2, 0.25) is 0 Å². The molecule has 0 spiro atoms. The van der Waals surface area contributed by atoms with E-state index in [1.165, 1.54) is 10.8 Å². The van der Waals surface area contributed by atoms with Crippen molar-refractivity contribution in [3.8, 4) is 0 Å². The molecule has 1 amide bonds. The zero-order chi connectivity index (χ0) is 9.54. The summed E-state index contributed by atoms with van der Waals surface area (Å²) in [5, 5.41) is 5.27. The van der Waals surface area contributed by atoms with Crippen molar-refractivity contribution in [2.24, 2.45) is 0 Å². The number of anilines is 1. The Bertz CT molecular complexity index is 488. The largest absolute Gasteiger partial charge is 0.325 e. The van der Waals surface area contributed by atoms with Crippen LogP contribution < -0.4 is 5.32 Å². The van der Waals surface area contributed by atoms with Gasteiger partial charge in [0, 0.05) is 11.1 Å². The predicted molar refractivity (Wildman–Crippen MR) is 56.3 cm³/mol. The van der Waals surface area contributed by atoms with E-state index in [0.717, 1.165) is 11.3 Å². The van der Waals surface area contributed by atoms with Crippen molar-refractivity contribution in [1.29, 1.82) is 0 Å².